The van der Waals surface area contributed by atoms with Gasteiger partial charge in [0.1, 0.15) is 23.9 Å². The van der Waals surface area contributed by atoms with Crippen molar-refractivity contribution in [3.05, 3.63) is 89.5 Å². The van der Waals surface area contributed by atoms with Crippen LogP contribution in [0.15, 0.2) is 72.8 Å². The Morgan fingerprint density at radius 2 is 1.61 bits per heavy atom. The van der Waals surface area contributed by atoms with Gasteiger partial charge in [-0.15, -0.1) is 0 Å². The number of hydrogen-bond acceptors (Lipinski definition) is 9. The highest BCUT2D eigenvalue weighted by Gasteiger charge is 2.40. The summed E-state index contributed by atoms with van der Waals surface area (Å²) in [6.07, 6.45) is 0.568. The van der Waals surface area contributed by atoms with E-state index in [-0.39, 0.29) is 43.4 Å². The Morgan fingerprint density at radius 3 is 2.31 bits per heavy atom. The molecule has 278 valence electrons. The molecule has 0 radical (unpaired) electrons. The third kappa shape index (κ3) is 12.5. The number of benzene rings is 3. The fourth-order valence-corrected chi connectivity index (χ4v) is 6.33. The fourth-order valence-electron chi connectivity index (χ4n) is 6.33. The minimum Gasteiger partial charge on any atom is -0.496 e. The fraction of sp³-hybridized carbons (Fsp3) is 0.500. The van der Waals surface area contributed by atoms with Gasteiger partial charge in [-0.25, -0.2) is 0 Å². The highest BCUT2D eigenvalue weighted by molar-refractivity contribution is 5.82. The van der Waals surface area contributed by atoms with Crippen molar-refractivity contribution >= 4 is 11.8 Å². The average Bonchev–Trinajstić information content (AvgIpc) is 3.11. The van der Waals surface area contributed by atoms with E-state index in [1.807, 2.05) is 86.6 Å². The van der Waals surface area contributed by atoms with Crippen LogP contribution < -0.4 is 25.3 Å². The molecule has 1 aliphatic heterocycles. The maximum absolute atomic E-state index is 13.3. The Kier molecular flexibility index (Phi) is 16.0. The van der Waals surface area contributed by atoms with Crippen molar-refractivity contribution in [2.24, 2.45) is 11.7 Å². The van der Waals surface area contributed by atoms with Gasteiger partial charge in [0.05, 0.1) is 51.8 Å². The first-order valence-corrected chi connectivity index (χ1v) is 17.9. The number of nitrogens with zero attached hydrogens (tertiary/aromatic N) is 1. The van der Waals surface area contributed by atoms with E-state index in [9.17, 15) is 14.7 Å². The zero-order chi connectivity index (χ0) is 36.6. The SMILES string of the molecule is COc1ccccc1COCCCOc1ccc([C@H]2[C@H](O)CN(C(=O)C(N)CC(C)C)C[C@@H]2OCCOc2ccccc2CCNC(C)=O)cc1. The molecule has 0 aliphatic carbocycles. The highest BCUT2D eigenvalue weighted by Crippen LogP contribution is 2.33. The lowest BCUT2D eigenvalue weighted by molar-refractivity contribution is -0.143. The molecule has 0 bridgehead atoms. The Balaban J connectivity index is 1.34. The van der Waals surface area contributed by atoms with Crippen molar-refractivity contribution in [2.75, 3.05) is 53.2 Å². The number of ether oxygens (including phenoxy) is 5. The second-order valence-corrected chi connectivity index (χ2v) is 13.3. The molecule has 11 heteroatoms. The van der Waals surface area contributed by atoms with Gasteiger partial charge >= 0.3 is 0 Å². The number of carbonyl (C=O) groups excluding carboxylic acids is 2. The third-order valence-electron chi connectivity index (χ3n) is 8.81. The van der Waals surface area contributed by atoms with Gasteiger partial charge in [0.15, 0.2) is 0 Å². The number of β-amino-alcohol motifs (C(OH)–C–C–N with tert-alkyl or cyclic N) is 1. The summed E-state index contributed by atoms with van der Waals surface area (Å²) in [5, 5.41) is 14.3. The minimum atomic E-state index is -0.860. The van der Waals surface area contributed by atoms with Gasteiger partial charge < -0.3 is 44.7 Å². The van der Waals surface area contributed by atoms with Crippen LogP contribution in [-0.2, 0) is 32.1 Å². The molecule has 1 fully saturated rings. The topological polar surface area (TPSA) is 142 Å². The van der Waals surface area contributed by atoms with Crippen LogP contribution in [0.4, 0.5) is 0 Å². The van der Waals surface area contributed by atoms with Crippen molar-refractivity contribution in [1.82, 2.24) is 10.2 Å². The van der Waals surface area contributed by atoms with Crippen LogP contribution in [0.3, 0.4) is 0 Å². The quantitative estimate of drug-likeness (QED) is 0.145. The molecule has 3 aromatic rings. The van der Waals surface area contributed by atoms with E-state index < -0.39 is 18.2 Å². The molecule has 11 nitrogen and oxygen atoms in total. The van der Waals surface area contributed by atoms with Crippen molar-refractivity contribution in [3.63, 3.8) is 0 Å². The molecule has 3 aromatic carbocycles. The number of hydrogen-bond donors (Lipinski definition) is 3. The molecule has 1 heterocycles. The molecular weight excluding hydrogens is 650 g/mol. The number of nitrogens with one attached hydrogen (secondary N) is 1. The summed E-state index contributed by atoms with van der Waals surface area (Å²) >= 11 is 0. The van der Waals surface area contributed by atoms with Crippen LogP contribution in [-0.4, -0.2) is 93.2 Å². The predicted octanol–water partition coefficient (Wildman–Crippen LogP) is 4.48. The Labute approximate surface area is 302 Å². The summed E-state index contributed by atoms with van der Waals surface area (Å²) in [5.41, 5.74) is 9.15. The van der Waals surface area contributed by atoms with Crippen LogP contribution in [0.1, 0.15) is 56.2 Å². The van der Waals surface area contributed by atoms with Crippen molar-refractivity contribution in [1.29, 1.82) is 0 Å². The molecule has 0 aromatic heterocycles. The summed E-state index contributed by atoms with van der Waals surface area (Å²) in [6, 6.07) is 22.5. The van der Waals surface area contributed by atoms with Crippen molar-refractivity contribution in [2.45, 2.75) is 70.8 Å². The van der Waals surface area contributed by atoms with Crippen molar-refractivity contribution < 1.29 is 38.4 Å². The Hall–Kier alpha value is -4.16. The van der Waals surface area contributed by atoms with Crippen molar-refractivity contribution in [3.8, 4) is 17.2 Å². The first-order chi connectivity index (χ1) is 24.7. The van der Waals surface area contributed by atoms with Gasteiger partial charge in [-0.3, -0.25) is 9.59 Å². The normalized spacial score (nSPS) is 17.9. The lowest BCUT2D eigenvalue weighted by Crippen LogP contribution is -2.57. The molecule has 51 heavy (non-hydrogen) atoms. The second-order valence-electron chi connectivity index (χ2n) is 13.3. The van der Waals surface area contributed by atoms with Gasteiger partial charge in [0, 0.05) is 44.5 Å². The number of amides is 2. The maximum atomic E-state index is 13.3. The van der Waals surface area contributed by atoms with Crippen LogP contribution in [0.5, 0.6) is 17.2 Å². The molecule has 0 spiro atoms. The number of nitrogens with two attached hydrogens (primary N) is 1. The average molecular weight is 706 g/mol. The molecule has 4 rings (SSSR count). The summed E-state index contributed by atoms with van der Waals surface area (Å²) in [4.78, 5) is 26.2. The molecule has 4 N–H and O–H groups in total. The highest BCUT2D eigenvalue weighted by atomic mass is 16.5. The number of methoxy groups -OCH3 is 1. The van der Waals surface area contributed by atoms with E-state index >= 15 is 0 Å². The van der Waals surface area contributed by atoms with Gasteiger partial charge in [0.2, 0.25) is 11.8 Å². The molecular formula is C40H55N3O8. The third-order valence-corrected chi connectivity index (χ3v) is 8.81. The van der Waals surface area contributed by atoms with Crippen LogP contribution in [0.25, 0.3) is 0 Å². The van der Waals surface area contributed by atoms with E-state index in [1.54, 1.807) is 12.0 Å². The number of aliphatic hydroxyl groups excluding tert-OH is 1. The van der Waals surface area contributed by atoms with Gasteiger partial charge in [-0.05, 0) is 54.2 Å². The lowest BCUT2D eigenvalue weighted by atomic mass is 9.84. The number of likely N-dealkylation sites (tertiary alicyclic amines) is 1. The minimum absolute atomic E-state index is 0.0759. The van der Waals surface area contributed by atoms with Gasteiger partial charge in [0.25, 0.3) is 0 Å². The molecule has 1 unspecified atom stereocenters. The molecule has 4 atom stereocenters. The molecule has 0 saturated carbocycles. The number of carbonyl (C=O) groups is 2. The summed E-state index contributed by atoms with van der Waals surface area (Å²) < 4.78 is 29.6. The van der Waals surface area contributed by atoms with Gasteiger partial charge in [-0.2, -0.15) is 0 Å². The van der Waals surface area contributed by atoms with E-state index in [2.05, 4.69) is 5.32 Å². The lowest BCUT2D eigenvalue weighted by Gasteiger charge is -2.42. The van der Waals surface area contributed by atoms with E-state index in [0.29, 0.717) is 51.5 Å². The molecule has 1 aliphatic rings. The first kappa shape index (κ1) is 39.6. The number of rotatable bonds is 20. The Morgan fingerprint density at radius 1 is 0.902 bits per heavy atom. The zero-order valence-corrected chi connectivity index (χ0v) is 30.4. The summed E-state index contributed by atoms with van der Waals surface area (Å²) in [6.45, 7) is 8.56. The van der Waals surface area contributed by atoms with E-state index in [0.717, 1.165) is 34.6 Å². The summed E-state index contributed by atoms with van der Waals surface area (Å²) in [5.74, 6) is 1.88. The van der Waals surface area contributed by atoms with Crippen LogP contribution >= 0.6 is 0 Å². The maximum Gasteiger partial charge on any atom is 0.239 e. The largest absolute Gasteiger partial charge is 0.496 e. The van der Waals surface area contributed by atoms with Gasteiger partial charge in [-0.1, -0.05) is 62.4 Å². The number of piperidine rings is 1. The second kappa shape index (κ2) is 20.6. The zero-order valence-electron chi connectivity index (χ0n) is 30.4. The summed E-state index contributed by atoms with van der Waals surface area (Å²) in [7, 11) is 1.65. The van der Waals surface area contributed by atoms with Crippen LogP contribution in [0.2, 0.25) is 0 Å². The molecule has 1 saturated heterocycles. The monoisotopic (exact) mass is 705 g/mol. The van der Waals surface area contributed by atoms with Crippen LogP contribution in [0, 0.1) is 5.92 Å². The van der Waals surface area contributed by atoms with E-state index in [1.165, 1.54) is 6.92 Å². The smallest absolute Gasteiger partial charge is 0.239 e. The first-order valence-electron chi connectivity index (χ1n) is 17.9. The Bertz CT molecular complexity index is 1500. The number of para-hydroxylation sites is 2. The number of aliphatic hydroxyl groups is 1. The molecule has 2 amide bonds. The standard InChI is InChI=1S/C40H55N3O8/c1-28(2)24-34(41)40(46)43-25-35(45)39(38(26-43)51-23-22-50-37-13-8-5-10-30(37)18-19-42-29(3)44)31-14-16-33(17-15-31)49-21-9-20-48-27-32-11-6-7-12-36(32)47-4/h5-8,10-17,28,34-35,38-39,45H,9,18-27,41H2,1-4H3,(H,42,44)/t34?,35-,38+,39+/m1/s1. The predicted molar refractivity (Wildman–Crippen MR) is 196 cm³/mol. The van der Waals surface area contributed by atoms with E-state index in [4.69, 9.17) is 29.4 Å².